The van der Waals surface area contributed by atoms with Crippen molar-refractivity contribution < 1.29 is 24.2 Å². The van der Waals surface area contributed by atoms with Gasteiger partial charge in [-0.2, -0.15) is 0 Å². The van der Waals surface area contributed by atoms with E-state index < -0.39 is 17.1 Å². The monoisotopic (exact) mass is 359 g/mol. The summed E-state index contributed by atoms with van der Waals surface area (Å²) in [6.07, 6.45) is 1.46. The molecule has 1 aromatic heterocycles. The van der Waals surface area contributed by atoms with Gasteiger partial charge in [-0.25, -0.2) is 0 Å². The molecule has 0 spiro atoms. The molecule has 0 aliphatic carbocycles. The van der Waals surface area contributed by atoms with Crippen LogP contribution in [0.3, 0.4) is 0 Å². The van der Waals surface area contributed by atoms with Gasteiger partial charge >= 0.3 is 0 Å². The van der Waals surface area contributed by atoms with Crippen molar-refractivity contribution in [2.45, 2.75) is 19.3 Å². The molecule has 1 amide bonds. The molecular weight excluding hydrogens is 338 g/mol. The molecule has 1 atom stereocenters. The minimum absolute atomic E-state index is 0.0171. The summed E-state index contributed by atoms with van der Waals surface area (Å²) in [7, 11) is 1.40. The lowest BCUT2D eigenvalue weighted by Crippen LogP contribution is -2.25. The molecule has 2 aromatic rings. The Balaban J connectivity index is 2.54. The number of hydrogen-bond donors (Lipinski definition) is 3. The third-order valence-corrected chi connectivity index (χ3v) is 3.83. The highest BCUT2D eigenvalue weighted by atomic mass is 16.5. The van der Waals surface area contributed by atoms with E-state index in [-0.39, 0.29) is 36.1 Å². The van der Waals surface area contributed by atoms with Crippen LogP contribution in [0.5, 0.6) is 17.2 Å². The number of carbonyl (C=O) groups excluding carboxylic acids is 1. The van der Waals surface area contributed by atoms with E-state index in [0.29, 0.717) is 11.3 Å². The average molecular weight is 359 g/mol. The molecule has 138 valence electrons. The fourth-order valence-corrected chi connectivity index (χ4v) is 2.58. The Morgan fingerprint density at radius 1 is 1.38 bits per heavy atom. The van der Waals surface area contributed by atoms with Gasteiger partial charge in [-0.15, -0.1) is 6.58 Å². The highest BCUT2D eigenvalue weighted by Crippen LogP contribution is 2.37. The summed E-state index contributed by atoms with van der Waals surface area (Å²) in [6, 6.07) is 5.69. The minimum atomic E-state index is -0.748. The van der Waals surface area contributed by atoms with Gasteiger partial charge in [-0.1, -0.05) is 12.1 Å². The van der Waals surface area contributed by atoms with Crippen LogP contribution >= 0.6 is 0 Å². The van der Waals surface area contributed by atoms with E-state index in [4.69, 9.17) is 9.15 Å². The smallest absolute Gasteiger partial charge is 0.227 e. The minimum Gasteiger partial charge on any atom is -0.504 e. The van der Waals surface area contributed by atoms with Crippen molar-refractivity contribution in [3.63, 3.8) is 0 Å². The molecule has 26 heavy (non-hydrogen) atoms. The van der Waals surface area contributed by atoms with Gasteiger partial charge in [0.1, 0.15) is 5.76 Å². The van der Waals surface area contributed by atoms with Gasteiger partial charge in [0.05, 0.1) is 13.0 Å². The second-order valence-electron chi connectivity index (χ2n) is 5.71. The Kier molecular flexibility index (Phi) is 6.06. The first-order valence-electron chi connectivity index (χ1n) is 7.95. The maximum absolute atomic E-state index is 12.2. The van der Waals surface area contributed by atoms with Gasteiger partial charge in [-0.3, -0.25) is 9.59 Å². The van der Waals surface area contributed by atoms with Gasteiger partial charge in [0.2, 0.25) is 17.1 Å². The number of carbonyl (C=O) groups is 1. The van der Waals surface area contributed by atoms with Crippen molar-refractivity contribution in [3.05, 3.63) is 64.2 Å². The lowest BCUT2D eigenvalue weighted by Gasteiger charge is -2.18. The van der Waals surface area contributed by atoms with Crippen LogP contribution in [0.25, 0.3) is 0 Å². The van der Waals surface area contributed by atoms with Crippen LogP contribution in [-0.4, -0.2) is 29.8 Å². The standard InChI is InChI=1S/C19H21NO6/c1-4-7-20-17(23)10-13(12-5-6-14(21)16(9-12)25-3)19-18(24)15(22)8-11(2)26-19/h4-6,8-9,13,21,24H,1,7,10H2,2-3H3,(H,20,23). The lowest BCUT2D eigenvalue weighted by molar-refractivity contribution is -0.121. The summed E-state index contributed by atoms with van der Waals surface area (Å²) < 4.78 is 10.7. The van der Waals surface area contributed by atoms with E-state index in [1.807, 2.05) is 0 Å². The molecule has 3 N–H and O–H groups in total. The number of aryl methyl sites for hydroxylation is 1. The molecule has 1 unspecified atom stereocenters. The molecule has 0 aliphatic rings. The van der Waals surface area contributed by atoms with Crippen molar-refractivity contribution in [1.82, 2.24) is 5.32 Å². The second kappa shape index (κ2) is 8.24. The van der Waals surface area contributed by atoms with Crippen molar-refractivity contribution in [2.24, 2.45) is 0 Å². The van der Waals surface area contributed by atoms with E-state index in [1.165, 1.54) is 25.3 Å². The molecule has 1 aromatic carbocycles. The van der Waals surface area contributed by atoms with Crippen LogP contribution in [0.1, 0.15) is 29.4 Å². The molecule has 0 fully saturated rings. The van der Waals surface area contributed by atoms with Gasteiger partial charge in [-0.05, 0) is 24.6 Å². The largest absolute Gasteiger partial charge is 0.504 e. The molecule has 0 radical (unpaired) electrons. The van der Waals surface area contributed by atoms with Crippen LogP contribution in [0.15, 0.2) is 46.1 Å². The molecule has 0 aliphatic heterocycles. The van der Waals surface area contributed by atoms with Crippen LogP contribution in [0.2, 0.25) is 0 Å². The maximum Gasteiger partial charge on any atom is 0.227 e. The number of benzene rings is 1. The number of methoxy groups -OCH3 is 1. The fraction of sp³-hybridized carbons (Fsp3) is 0.263. The quantitative estimate of drug-likeness (QED) is 0.654. The molecule has 0 saturated heterocycles. The number of phenols is 1. The summed E-state index contributed by atoms with van der Waals surface area (Å²) >= 11 is 0. The van der Waals surface area contributed by atoms with Crippen molar-refractivity contribution in [3.8, 4) is 17.2 Å². The van der Waals surface area contributed by atoms with Gasteiger partial charge < -0.3 is 24.7 Å². The zero-order valence-corrected chi connectivity index (χ0v) is 14.6. The number of nitrogens with one attached hydrogen (secondary N) is 1. The maximum atomic E-state index is 12.2. The third kappa shape index (κ3) is 4.24. The van der Waals surface area contributed by atoms with Crippen LogP contribution in [-0.2, 0) is 4.79 Å². The van der Waals surface area contributed by atoms with Crippen molar-refractivity contribution in [1.29, 1.82) is 0 Å². The normalized spacial score (nSPS) is 11.6. The topological polar surface area (TPSA) is 109 Å². The zero-order chi connectivity index (χ0) is 19.3. The Morgan fingerprint density at radius 2 is 2.12 bits per heavy atom. The van der Waals surface area contributed by atoms with Crippen molar-refractivity contribution in [2.75, 3.05) is 13.7 Å². The Labute approximate surface area is 150 Å². The van der Waals surface area contributed by atoms with Crippen molar-refractivity contribution >= 4 is 5.91 Å². The van der Waals surface area contributed by atoms with Gasteiger partial charge in [0.15, 0.2) is 17.3 Å². The predicted octanol–water partition coefficient (Wildman–Crippen LogP) is 2.19. The lowest BCUT2D eigenvalue weighted by atomic mass is 9.91. The number of hydrogen-bond acceptors (Lipinski definition) is 6. The number of amides is 1. The van der Waals surface area contributed by atoms with Crippen LogP contribution in [0, 0.1) is 6.92 Å². The van der Waals surface area contributed by atoms with E-state index in [0.717, 1.165) is 0 Å². The number of phenolic OH excluding ortho intramolecular Hbond substituents is 1. The molecule has 1 heterocycles. The van der Waals surface area contributed by atoms with E-state index in [1.54, 1.807) is 19.1 Å². The number of rotatable bonds is 7. The molecular formula is C19H21NO6. The molecule has 7 nitrogen and oxygen atoms in total. The Hall–Kier alpha value is -3.22. The summed E-state index contributed by atoms with van der Waals surface area (Å²) in [5, 5.41) is 22.6. The Bertz CT molecular complexity index is 871. The first-order chi connectivity index (χ1) is 12.4. The third-order valence-electron chi connectivity index (χ3n) is 3.83. The SMILES string of the molecule is C=CCNC(=O)CC(c1ccc(O)c(OC)c1)c1oc(C)cc(=O)c1O. The van der Waals surface area contributed by atoms with Crippen LogP contribution in [0.4, 0.5) is 0 Å². The number of aromatic hydroxyl groups is 2. The van der Waals surface area contributed by atoms with Gasteiger partial charge in [0, 0.05) is 19.0 Å². The number of ether oxygens (including phenoxy) is 1. The van der Waals surface area contributed by atoms with Crippen LogP contribution < -0.4 is 15.5 Å². The van der Waals surface area contributed by atoms with Gasteiger partial charge in [0.25, 0.3) is 0 Å². The highest BCUT2D eigenvalue weighted by molar-refractivity contribution is 5.77. The Morgan fingerprint density at radius 3 is 2.77 bits per heavy atom. The first-order valence-corrected chi connectivity index (χ1v) is 7.95. The molecule has 2 rings (SSSR count). The summed E-state index contributed by atoms with van der Waals surface area (Å²) in [5.41, 5.74) is -0.0524. The predicted molar refractivity (Wildman–Crippen MR) is 95.7 cm³/mol. The summed E-state index contributed by atoms with van der Waals surface area (Å²) in [4.78, 5) is 24.2. The molecule has 0 saturated carbocycles. The van der Waals surface area contributed by atoms with E-state index in [9.17, 15) is 19.8 Å². The first kappa shape index (κ1) is 19.1. The van der Waals surface area contributed by atoms with E-state index in [2.05, 4.69) is 11.9 Å². The average Bonchev–Trinajstić information content (AvgIpc) is 2.61. The zero-order valence-electron chi connectivity index (χ0n) is 14.6. The summed E-state index contributed by atoms with van der Waals surface area (Å²) in [6.45, 7) is 5.40. The molecule has 7 heteroatoms. The second-order valence-corrected chi connectivity index (χ2v) is 5.71. The van der Waals surface area contributed by atoms with E-state index >= 15 is 0 Å². The highest BCUT2D eigenvalue weighted by Gasteiger charge is 2.26. The fourth-order valence-electron chi connectivity index (χ4n) is 2.58. The molecule has 0 bridgehead atoms. The summed E-state index contributed by atoms with van der Waals surface area (Å²) in [5.74, 6) is -1.19.